The minimum absolute atomic E-state index is 0.168. The first-order valence-corrected chi connectivity index (χ1v) is 14.0. The third kappa shape index (κ3) is 8.16. The van der Waals surface area contributed by atoms with E-state index in [-0.39, 0.29) is 12.5 Å². The van der Waals surface area contributed by atoms with Crippen LogP contribution in [0.4, 0.5) is 13.2 Å². The molecule has 1 aliphatic heterocycles. The van der Waals surface area contributed by atoms with Gasteiger partial charge < -0.3 is 15.5 Å². The Balaban J connectivity index is 1.45. The molecule has 226 valence electrons. The summed E-state index contributed by atoms with van der Waals surface area (Å²) in [5.41, 5.74) is 6.54. The number of carbonyl (C=O) groups excluding carboxylic acids is 2. The van der Waals surface area contributed by atoms with E-state index >= 15 is 0 Å². The molecule has 0 aliphatic carbocycles. The monoisotopic (exact) mass is 586 g/mol. The standard InChI is InChI=1S/C30H37F3N6O3/c1-29(2,28-36-18-25(42-28)23-12-6-7-13-35-23)39-16-15-38(24(19-39)27(41)37-20-30(31,32)33)14-8-11-22(26(34)40)17-21-9-4-3-5-10-21/h3-7,9-10,12-13,18,22,24H,8,11,14-17,19-20H2,1-2H3,(H2,34,40)(H,37,41). The fourth-order valence-electron chi connectivity index (χ4n) is 5.25. The molecular formula is C30H37F3N6O3. The second kappa shape index (κ2) is 13.5. The number of amides is 2. The first-order chi connectivity index (χ1) is 19.9. The number of oxazole rings is 1. The summed E-state index contributed by atoms with van der Waals surface area (Å²) in [5, 5.41) is 2.06. The molecule has 0 saturated carbocycles. The van der Waals surface area contributed by atoms with Crippen LogP contribution in [-0.4, -0.2) is 76.5 Å². The van der Waals surface area contributed by atoms with Gasteiger partial charge in [0.15, 0.2) is 5.76 Å². The Morgan fingerprint density at radius 3 is 2.50 bits per heavy atom. The molecule has 12 heteroatoms. The molecule has 1 aliphatic rings. The van der Waals surface area contributed by atoms with Crippen molar-refractivity contribution in [1.82, 2.24) is 25.1 Å². The summed E-state index contributed by atoms with van der Waals surface area (Å²) < 4.78 is 44.9. The number of halogens is 3. The molecule has 2 amide bonds. The van der Waals surface area contributed by atoms with Gasteiger partial charge in [0.2, 0.25) is 17.7 Å². The van der Waals surface area contributed by atoms with Gasteiger partial charge in [-0.25, -0.2) is 4.98 Å². The molecule has 1 aromatic carbocycles. The normalized spacial score (nSPS) is 17.6. The highest BCUT2D eigenvalue weighted by Gasteiger charge is 2.42. The number of pyridine rings is 1. The summed E-state index contributed by atoms with van der Waals surface area (Å²) in [6.45, 7) is 3.96. The Bertz CT molecular complexity index is 1320. The highest BCUT2D eigenvalue weighted by atomic mass is 19.4. The summed E-state index contributed by atoms with van der Waals surface area (Å²) in [6, 6.07) is 14.2. The zero-order valence-corrected chi connectivity index (χ0v) is 23.8. The topological polar surface area (TPSA) is 118 Å². The molecular weight excluding hydrogens is 549 g/mol. The lowest BCUT2D eigenvalue weighted by atomic mass is 9.93. The lowest BCUT2D eigenvalue weighted by Crippen LogP contribution is -2.62. The zero-order valence-electron chi connectivity index (χ0n) is 23.8. The molecule has 3 N–H and O–H groups in total. The Morgan fingerprint density at radius 1 is 1.10 bits per heavy atom. The molecule has 0 bridgehead atoms. The predicted octanol–water partition coefficient (Wildman–Crippen LogP) is 3.76. The molecule has 2 atom stereocenters. The van der Waals surface area contributed by atoms with E-state index in [9.17, 15) is 22.8 Å². The highest BCUT2D eigenvalue weighted by molar-refractivity contribution is 5.82. The van der Waals surface area contributed by atoms with Crippen molar-refractivity contribution in [3.63, 3.8) is 0 Å². The van der Waals surface area contributed by atoms with Crippen LogP contribution in [0.2, 0.25) is 0 Å². The van der Waals surface area contributed by atoms with Crippen LogP contribution in [0.15, 0.2) is 65.3 Å². The van der Waals surface area contributed by atoms with Gasteiger partial charge in [0, 0.05) is 31.7 Å². The Kier molecular flexibility index (Phi) is 10.00. The number of primary amides is 1. The number of hydrogen-bond acceptors (Lipinski definition) is 7. The maximum absolute atomic E-state index is 13.1. The van der Waals surface area contributed by atoms with Crippen LogP contribution in [-0.2, 0) is 21.5 Å². The van der Waals surface area contributed by atoms with Crippen LogP contribution < -0.4 is 11.1 Å². The van der Waals surface area contributed by atoms with Crippen molar-refractivity contribution in [3.05, 3.63) is 72.4 Å². The number of benzene rings is 1. The van der Waals surface area contributed by atoms with E-state index in [2.05, 4.69) is 15.3 Å². The van der Waals surface area contributed by atoms with Crippen molar-refractivity contribution >= 4 is 11.8 Å². The quantitative estimate of drug-likeness (QED) is 0.332. The fourth-order valence-corrected chi connectivity index (χ4v) is 5.25. The maximum Gasteiger partial charge on any atom is 0.405 e. The number of alkyl halides is 3. The van der Waals surface area contributed by atoms with Gasteiger partial charge in [0.05, 0.1) is 11.7 Å². The van der Waals surface area contributed by atoms with E-state index in [0.29, 0.717) is 56.2 Å². The van der Waals surface area contributed by atoms with Crippen molar-refractivity contribution in [1.29, 1.82) is 0 Å². The molecule has 9 nitrogen and oxygen atoms in total. The van der Waals surface area contributed by atoms with Crippen LogP contribution in [0.5, 0.6) is 0 Å². The minimum atomic E-state index is -4.53. The van der Waals surface area contributed by atoms with Crippen molar-refractivity contribution in [2.24, 2.45) is 11.7 Å². The average molecular weight is 587 g/mol. The van der Waals surface area contributed by atoms with Crippen LogP contribution >= 0.6 is 0 Å². The summed E-state index contributed by atoms with van der Waals surface area (Å²) in [6.07, 6.45) is 0.275. The maximum atomic E-state index is 13.1. The molecule has 1 fully saturated rings. The van der Waals surface area contributed by atoms with E-state index in [1.165, 1.54) is 0 Å². The van der Waals surface area contributed by atoms with Crippen molar-refractivity contribution < 1.29 is 27.2 Å². The van der Waals surface area contributed by atoms with E-state index < -0.39 is 36.1 Å². The lowest BCUT2D eigenvalue weighted by Gasteiger charge is -2.46. The summed E-state index contributed by atoms with van der Waals surface area (Å²) in [5.74, 6) is -0.581. The van der Waals surface area contributed by atoms with Crippen molar-refractivity contribution in [3.8, 4) is 11.5 Å². The van der Waals surface area contributed by atoms with E-state index in [4.69, 9.17) is 10.2 Å². The number of hydrogen-bond donors (Lipinski definition) is 2. The van der Waals surface area contributed by atoms with Gasteiger partial charge in [-0.2, -0.15) is 13.2 Å². The number of nitrogens with one attached hydrogen (secondary N) is 1. The number of piperazine rings is 1. The highest BCUT2D eigenvalue weighted by Crippen LogP contribution is 2.32. The van der Waals surface area contributed by atoms with Gasteiger partial charge in [0.1, 0.15) is 18.3 Å². The van der Waals surface area contributed by atoms with Crippen LogP contribution in [0.1, 0.15) is 38.1 Å². The molecule has 0 radical (unpaired) electrons. The number of nitrogens with zero attached hydrogens (tertiary/aromatic N) is 4. The third-order valence-corrected chi connectivity index (χ3v) is 7.72. The second-order valence-electron chi connectivity index (χ2n) is 11.1. The SMILES string of the molecule is CC(C)(c1ncc(-c2ccccn2)o1)N1CCN(CCCC(Cc2ccccc2)C(N)=O)C(C(=O)NCC(F)(F)F)C1. The van der Waals surface area contributed by atoms with E-state index in [1.807, 2.05) is 60.0 Å². The molecule has 3 heterocycles. The molecule has 0 spiro atoms. The average Bonchev–Trinajstić information content (AvgIpc) is 3.47. The molecule has 3 aromatic rings. The van der Waals surface area contributed by atoms with Gasteiger partial charge in [-0.05, 0) is 57.4 Å². The number of aromatic nitrogens is 2. The molecule has 1 saturated heterocycles. The predicted molar refractivity (Wildman–Crippen MR) is 151 cm³/mol. The number of nitrogens with two attached hydrogens (primary N) is 1. The molecule has 2 unspecified atom stereocenters. The Hall–Kier alpha value is -3.77. The van der Waals surface area contributed by atoms with Crippen LogP contribution in [0.3, 0.4) is 0 Å². The Labute approximate surface area is 243 Å². The summed E-state index contributed by atoms with van der Waals surface area (Å²) >= 11 is 0. The first kappa shape index (κ1) is 31.2. The molecule has 4 rings (SSSR count). The first-order valence-electron chi connectivity index (χ1n) is 14.0. The molecule has 42 heavy (non-hydrogen) atoms. The minimum Gasteiger partial charge on any atom is -0.437 e. The Morgan fingerprint density at radius 2 is 1.83 bits per heavy atom. The fraction of sp³-hybridized carbons (Fsp3) is 0.467. The lowest BCUT2D eigenvalue weighted by molar-refractivity contribution is -0.144. The van der Waals surface area contributed by atoms with Crippen LogP contribution in [0.25, 0.3) is 11.5 Å². The summed E-state index contributed by atoms with van der Waals surface area (Å²) in [7, 11) is 0. The van der Waals surface area contributed by atoms with Gasteiger partial charge in [-0.1, -0.05) is 36.4 Å². The third-order valence-electron chi connectivity index (χ3n) is 7.72. The van der Waals surface area contributed by atoms with E-state index in [1.54, 1.807) is 24.5 Å². The van der Waals surface area contributed by atoms with Crippen molar-refractivity contribution in [2.45, 2.75) is 50.9 Å². The van der Waals surface area contributed by atoms with Crippen LogP contribution in [0, 0.1) is 5.92 Å². The van der Waals surface area contributed by atoms with Gasteiger partial charge in [0.25, 0.3) is 0 Å². The number of rotatable bonds is 12. The molecule has 2 aromatic heterocycles. The summed E-state index contributed by atoms with van der Waals surface area (Å²) in [4.78, 5) is 37.9. The largest absolute Gasteiger partial charge is 0.437 e. The second-order valence-corrected chi connectivity index (χ2v) is 11.1. The van der Waals surface area contributed by atoms with Gasteiger partial charge >= 0.3 is 6.18 Å². The number of carbonyl (C=O) groups is 2. The van der Waals surface area contributed by atoms with E-state index in [0.717, 1.165) is 5.56 Å². The zero-order chi connectivity index (χ0) is 30.3. The smallest absolute Gasteiger partial charge is 0.405 e. The van der Waals surface area contributed by atoms with Gasteiger partial charge in [-0.3, -0.25) is 24.4 Å². The van der Waals surface area contributed by atoms with Crippen molar-refractivity contribution in [2.75, 3.05) is 32.7 Å². The van der Waals surface area contributed by atoms with Gasteiger partial charge in [-0.15, -0.1) is 0 Å².